The molecule has 0 aliphatic rings. The first-order valence-electron chi connectivity index (χ1n) is 5.30. The van der Waals surface area contributed by atoms with Gasteiger partial charge in [0, 0.05) is 30.1 Å². The Bertz CT molecular complexity index is 612. The number of hydrogen-bond acceptors (Lipinski definition) is 4. The molecule has 96 valence electrons. The van der Waals surface area contributed by atoms with Gasteiger partial charge in [-0.1, -0.05) is 6.07 Å². The Balaban J connectivity index is 2.08. The Morgan fingerprint density at radius 3 is 2.68 bits per heavy atom. The summed E-state index contributed by atoms with van der Waals surface area (Å²) in [5, 5.41) is 8.46. The van der Waals surface area contributed by atoms with Crippen molar-refractivity contribution in [2.75, 3.05) is 0 Å². The molecule has 6 heteroatoms. The van der Waals surface area contributed by atoms with Crippen LogP contribution in [0.25, 0.3) is 6.08 Å². The van der Waals surface area contributed by atoms with Crippen LogP contribution in [0, 0.1) is 5.82 Å². The van der Waals surface area contributed by atoms with Gasteiger partial charge in [0.25, 0.3) is 0 Å². The largest absolute Gasteiger partial charge is 0.478 e. The highest BCUT2D eigenvalue weighted by Crippen LogP contribution is 2.18. The molecular formula is C13H9FN2O3. The zero-order chi connectivity index (χ0) is 13.7. The monoisotopic (exact) mass is 260 g/mol. The summed E-state index contributed by atoms with van der Waals surface area (Å²) in [5.41, 5.74) is 0.522. The zero-order valence-corrected chi connectivity index (χ0v) is 9.65. The van der Waals surface area contributed by atoms with E-state index in [9.17, 15) is 9.18 Å². The summed E-state index contributed by atoms with van der Waals surface area (Å²) in [6, 6.07) is 5.65. The molecule has 0 bridgehead atoms. The number of hydrogen-bond donors (Lipinski definition) is 1. The molecule has 0 amide bonds. The molecule has 2 aromatic rings. The second-order valence-electron chi connectivity index (χ2n) is 3.53. The summed E-state index contributed by atoms with van der Waals surface area (Å²) < 4.78 is 18.2. The van der Waals surface area contributed by atoms with E-state index < -0.39 is 11.8 Å². The van der Waals surface area contributed by atoms with Crippen molar-refractivity contribution in [1.82, 2.24) is 9.97 Å². The zero-order valence-electron chi connectivity index (χ0n) is 9.65. The summed E-state index contributed by atoms with van der Waals surface area (Å²) in [7, 11) is 0. The molecule has 0 spiro atoms. The van der Waals surface area contributed by atoms with Gasteiger partial charge >= 0.3 is 12.0 Å². The van der Waals surface area contributed by atoms with Gasteiger partial charge < -0.3 is 9.84 Å². The number of nitrogens with zero attached hydrogens (tertiary/aromatic N) is 2. The molecule has 0 aliphatic heterocycles. The fourth-order valence-electron chi connectivity index (χ4n) is 1.27. The van der Waals surface area contributed by atoms with E-state index in [1.165, 1.54) is 36.7 Å². The first kappa shape index (κ1) is 12.7. The molecule has 1 heterocycles. The minimum atomic E-state index is -1.06. The first-order chi connectivity index (χ1) is 9.13. The molecule has 0 fully saturated rings. The summed E-state index contributed by atoms with van der Waals surface area (Å²) in [4.78, 5) is 18.1. The Labute approximate surface area is 108 Å². The predicted molar refractivity (Wildman–Crippen MR) is 65.2 cm³/mol. The van der Waals surface area contributed by atoms with Gasteiger partial charge in [-0.3, -0.25) is 0 Å². The van der Waals surface area contributed by atoms with Crippen LogP contribution in [0.2, 0.25) is 0 Å². The lowest BCUT2D eigenvalue weighted by atomic mass is 10.3. The number of ether oxygens (including phenoxy) is 1. The third kappa shape index (κ3) is 3.88. The number of carboxylic acid groups (broad SMARTS) is 1. The van der Waals surface area contributed by atoms with E-state index in [1.807, 2.05) is 0 Å². The van der Waals surface area contributed by atoms with Crippen LogP contribution in [0.1, 0.15) is 5.56 Å². The molecule has 5 nitrogen and oxygen atoms in total. The molecule has 1 aromatic heterocycles. The number of halogens is 1. The maximum Gasteiger partial charge on any atom is 0.328 e. The van der Waals surface area contributed by atoms with E-state index in [0.29, 0.717) is 5.56 Å². The molecule has 1 N–H and O–H groups in total. The van der Waals surface area contributed by atoms with Crippen molar-refractivity contribution in [3.63, 3.8) is 0 Å². The third-order valence-corrected chi connectivity index (χ3v) is 2.07. The molecule has 0 saturated carbocycles. The SMILES string of the molecule is O=C(O)/C=C/c1cnc(Oc2cccc(F)c2)nc1. The van der Waals surface area contributed by atoms with Gasteiger partial charge in [0.15, 0.2) is 0 Å². The first-order valence-corrected chi connectivity index (χ1v) is 5.30. The van der Waals surface area contributed by atoms with Crippen LogP contribution in [-0.2, 0) is 4.79 Å². The van der Waals surface area contributed by atoms with E-state index in [2.05, 4.69) is 9.97 Å². The van der Waals surface area contributed by atoms with Crippen LogP contribution in [0.5, 0.6) is 11.8 Å². The molecule has 19 heavy (non-hydrogen) atoms. The van der Waals surface area contributed by atoms with Crippen molar-refractivity contribution in [3.8, 4) is 11.8 Å². The minimum absolute atomic E-state index is 0.0538. The number of carboxylic acids is 1. The number of rotatable bonds is 4. The molecule has 2 rings (SSSR count). The van der Waals surface area contributed by atoms with Gasteiger partial charge in [0.05, 0.1) is 0 Å². The van der Waals surface area contributed by atoms with E-state index >= 15 is 0 Å². The van der Waals surface area contributed by atoms with Crippen LogP contribution in [0.4, 0.5) is 4.39 Å². The van der Waals surface area contributed by atoms with Crippen molar-refractivity contribution >= 4 is 12.0 Å². The second kappa shape index (κ2) is 5.72. The summed E-state index contributed by atoms with van der Waals surface area (Å²) in [6.45, 7) is 0. The van der Waals surface area contributed by atoms with Crippen LogP contribution < -0.4 is 4.74 Å². The highest BCUT2D eigenvalue weighted by Gasteiger charge is 2.01. The Morgan fingerprint density at radius 1 is 1.32 bits per heavy atom. The van der Waals surface area contributed by atoms with Crippen molar-refractivity contribution < 1.29 is 19.0 Å². The molecule has 0 unspecified atom stereocenters. The van der Waals surface area contributed by atoms with Crippen molar-refractivity contribution in [3.05, 3.63) is 54.1 Å². The molecule has 0 atom stereocenters. The van der Waals surface area contributed by atoms with Crippen LogP contribution in [-0.4, -0.2) is 21.0 Å². The van der Waals surface area contributed by atoms with Crippen LogP contribution in [0.3, 0.4) is 0 Å². The van der Waals surface area contributed by atoms with Gasteiger partial charge in [-0.2, -0.15) is 0 Å². The van der Waals surface area contributed by atoms with Gasteiger partial charge in [0.2, 0.25) is 0 Å². The smallest absolute Gasteiger partial charge is 0.328 e. The number of carbonyl (C=O) groups is 1. The van der Waals surface area contributed by atoms with Crippen LogP contribution in [0.15, 0.2) is 42.7 Å². The quantitative estimate of drug-likeness (QED) is 0.855. The van der Waals surface area contributed by atoms with Crippen LogP contribution >= 0.6 is 0 Å². The fraction of sp³-hybridized carbons (Fsp3) is 0. The normalized spacial score (nSPS) is 10.6. The Kier molecular flexibility index (Phi) is 3.82. The predicted octanol–water partition coefficient (Wildman–Crippen LogP) is 2.51. The highest BCUT2D eigenvalue weighted by molar-refractivity contribution is 5.85. The maximum atomic E-state index is 12.9. The molecule has 0 radical (unpaired) electrons. The molecular weight excluding hydrogens is 251 g/mol. The summed E-state index contributed by atoms with van der Waals surface area (Å²) >= 11 is 0. The van der Waals surface area contributed by atoms with E-state index in [1.54, 1.807) is 6.07 Å². The molecule has 0 aliphatic carbocycles. The number of benzene rings is 1. The lowest BCUT2D eigenvalue weighted by Gasteiger charge is -2.03. The van der Waals surface area contributed by atoms with Crippen molar-refractivity contribution in [2.45, 2.75) is 0 Å². The highest BCUT2D eigenvalue weighted by atomic mass is 19.1. The lowest BCUT2D eigenvalue weighted by Crippen LogP contribution is -1.92. The van der Waals surface area contributed by atoms with E-state index in [0.717, 1.165) is 6.08 Å². The lowest BCUT2D eigenvalue weighted by molar-refractivity contribution is -0.131. The third-order valence-electron chi connectivity index (χ3n) is 2.07. The Hall–Kier alpha value is -2.76. The topological polar surface area (TPSA) is 72.3 Å². The van der Waals surface area contributed by atoms with Crippen molar-refractivity contribution in [1.29, 1.82) is 0 Å². The maximum absolute atomic E-state index is 12.9. The average molecular weight is 260 g/mol. The minimum Gasteiger partial charge on any atom is -0.478 e. The average Bonchev–Trinajstić information content (AvgIpc) is 2.38. The van der Waals surface area contributed by atoms with Gasteiger partial charge in [0.1, 0.15) is 11.6 Å². The summed E-state index contributed by atoms with van der Waals surface area (Å²) in [6.07, 6.45) is 5.14. The van der Waals surface area contributed by atoms with Gasteiger partial charge in [-0.15, -0.1) is 0 Å². The van der Waals surface area contributed by atoms with Crippen molar-refractivity contribution in [2.24, 2.45) is 0 Å². The van der Waals surface area contributed by atoms with Gasteiger partial charge in [-0.05, 0) is 18.2 Å². The Morgan fingerprint density at radius 2 is 2.05 bits per heavy atom. The van der Waals surface area contributed by atoms with E-state index in [-0.39, 0.29) is 11.8 Å². The second-order valence-corrected chi connectivity index (χ2v) is 3.53. The number of aromatic nitrogens is 2. The fourth-order valence-corrected chi connectivity index (χ4v) is 1.27. The standard InChI is InChI=1S/C13H9FN2O3/c14-10-2-1-3-11(6-10)19-13-15-7-9(8-16-13)4-5-12(17)18/h1-8H,(H,17,18)/b5-4+. The number of aliphatic carboxylic acids is 1. The molecule has 1 aromatic carbocycles. The van der Waals surface area contributed by atoms with E-state index in [4.69, 9.17) is 9.84 Å². The molecule has 0 saturated heterocycles. The summed E-state index contributed by atoms with van der Waals surface area (Å²) in [5.74, 6) is -1.19. The van der Waals surface area contributed by atoms with Gasteiger partial charge in [-0.25, -0.2) is 19.2 Å².